The molecule has 116 valence electrons. The van der Waals surface area contributed by atoms with Crippen molar-refractivity contribution in [2.45, 2.75) is 50.7 Å². The topological polar surface area (TPSA) is 56.5 Å². The van der Waals surface area contributed by atoms with Crippen molar-refractivity contribution in [2.24, 2.45) is 11.8 Å². The number of rotatable bonds is 6. The molecule has 0 aromatic heterocycles. The van der Waals surface area contributed by atoms with Crippen molar-refractivity contribution in [1.82, 2.24) is 5.43 Å². The normalized spacial score (nSPS) is 26.1. The van der Waals surface area contributed by atoms with Gasteiger partial charge in [-0.25, -0.2) is 0 Å². The first-order chi connectivity index (χ1) is 10.4. The molecule has 0 aliphatic carbocycles. The van der Waals surface area contributed by atoms with Crippen LogP contribution < -0.4 is 16.0 Å². The molecule has 0 radical (unpaired) electrons. The average molecular weight is 290 g/mol. The lowest BCUT2D eigenvalue weighted by Gasteiger charge is -2.31. The van der Waals surface area contributed by atoms with Crippen LogP contribution in [0.3, 0.4) is 0 Å². The monoisotopic (exact) mass is 290 g/mol. The van der Waals surface area contributed by atoms with Crippen molar-refractivity contribution < 1.29 is 9.47 Å². The van der Waals surface area contributed by atoms with Crippen molar-refractivity contribution in [1.29, 1.82) is 0 Å². The third kappa shape index (κ3) is 3.76. The Kier molecular flexibility index (Phi) is 5.12. The van der Waals surface area contributed by atoms with E-state index in [4.69, 9.17) is 15.3 Å². The highest BCUT2D eigenvalue weighted by Gasteiger charge is 2.27. The molecule has 4 heteroatoms. The summed E-state index contributed by atoms with van der Waals surface area (Å²) in [5.74, 6) is 7.27. The molecule has 1 saturated heterocycles. The fourth-order valence-electron chi connectivity index (χ4n) is 3.50. The summed E-state index contributed by atoms with van der Waals surface area (Å²) in [4.78, 5) is 0. The second-order valence-electron chi connectivity index (χ2n) is 6.22. The van der Waals surface area contributed by atoms with Crippen LogP contribution in [0.25, 0.3) is 0 Å². The molecule has 3 atom stereocenters. The summed E-state index contributed by atoms with van der Waals surface area (Å²) in [7, 11) is 0. The summed E-state index contributed by atoms with van der Waals surface area (Å²) in [6.45, 7) is 1.70. The number of hydrogen-bond donors (Lipinski definition) is 2. The largest absolute Gasteiger partial charge is 0.493 e. The minimum absolute atomic E-state index is 0.319. The molecule has 0 amide bonds. The second-order valence-corrected chi connectivity index (χ2v) is 6.22. The van der Waals surface area contributed by atoms with Gasteiger partial charge in [-0.15, -0.1) is 0 Å². The number of fused-ring (bicyclic) bond motifs is 1. The number of hydrogen-bond acceptors (Lipinski definition) is 4. The van der Waals surface area contributed by atoms with Gasteiger partial charge in [0.25, 0.3) is 0 Å². The van der Waals surface area contributed by atoms with Gasteiger partial charge in [0, 0.05) is 18.6 Å². The molecular weight excluding hydrogens is 264 g/mol. The van der Waals surface area contributed by atoms with E-state index in [1.807, 2.05) is 12.1 Å². The molecule has 2 aliphatic rings. The molecule has 2 aliphatic heterocycles. The van der Waals surface area contributed by atoms with Crippen LogP contribution in [0, 0.1) is 5.92 Å². The standard InChI is InChI=1S/C17H26N2O2/c18-19-16(8-3-6-15-7-4-10-20-15)14-11-13-5-1-2-9-17(13)21-12-14/h1-2,5,9,14-16,19H,3-4,6-8,10-12,18H2. The minimum atomic E-state index is 0.319. The fourth-order valence-corrected chi connectivity index (χ4v) is 3.50. The predicted molar refractivity (Wildman–Crippen MR) is 83.1 cm³/mol. The van der Waals surface area contributed by atoms with Crippen molar-refractivity contribution >= 4 is 0 Å². The summed E-state index contributed by atoms with van der Waals surface area (Å²) in [6.07, 6.45) is 7.38. The lowest BCUT2D eigenvalue weighted by atomic mass is 9.88. The van der Waals surface area contributed by atoms with Gasteiger partial charge in [0.2, 0.25) is 0 Å². The van der Waals surface area contributed by atoms with E-state index in [0.29, 0.717) is 18.1 Å². The smallest absolute Gasteiger partial charge is 0.122 e. The maximum Gasteiger partial charge on any atom is 0.122 e. The molecule has 4 nitrogen and oxygen atoms in total. The van der Waals surface area contributed by atoms with Crippen LogP contribution in [0.5, 0.6) is 5.75 Å². The number of nitrogens with two attached hydrogens (primary N) is 1. The first-order valence-electron chi connectivity index (χ1n) is 8.15. The number of nitrogens with one attached hydrogen (secondary N) is 1. The third-order valence-corrected chi connectivity index (χ3v) is 4.76. The van der Waals surface area contributed by atoms with Gasteiger partial charge >= 0.3 is 0 Å². The Hall–Kier alpha value is -1.10. The maximum atomic E-state index is 5.88. The Morgan fingerprint density at radius 1 is 1.33 bits per heavy atom. The number of ether oxygens (including phenoxy) is 2. The van der Waals surface area contributed by atoms with E-state index in [1.165, 1.54) is 18.4 Å². The van der Waals surface area contributed by atoms with E-state index in [1.54, 1.807) is 0 Å². The summed E-state index contributed by atoms with van der Waals surface area (Å²) in [5.41, 5.74) is 4.31. The van der Waals surface area contributed by atoms with Crippen molar-refractivity contribution in [3.8, 4) is 5.75 Å². The Morgan fingerprint density at radius 2 is 2.24 bits per heavy atom. The van der Waals surface area contributed by atoms with E-state index >= 15 is 0 Å². The van der Waals surface area contributed by atoms with Gasteiger partial charge in [-0.1, -0.05) is 18.2 Å². The first-order valence-corrected chi connectivity index (χ1v) is 8.15. The fraction of sp³-hybridized carbons (Fsp3) is 0.647. The molecule has 3 N–H and O–H groups in total. The SMILES string of the molecule is NNC(CCCC1CCCO1)C1COc2ccccc2C1. The van der Waals surface area contributed by atoms with Gasteiger partial charge in [-0.3, -0.25) is 11.3 Å². The zero-order valence-electron chi connectivity index (χ0n) is 12.6. The van der Waals surface area contributed by atoms with E-state index in [0.717, 1.165) is 44.6 Å². The highest BCUT2D eigenvalue weighted by molar-refractivity contribution is 5.35. The van der Waals surface area contributed by atoms with Crippen LogP contribution in [0.4, 0.5) is 0 Å². The van der Waals surface area contributed by atoms with Crippen molar-refractivity contribution in [3.63, 3.8) is 0 Å². The van der Waals surface area contributed by atoms with Crippen molar-refractivity contribution in [3.05, 3.63) is 29.8 Å². The molecular formula is C17H26N2O2. The predicted octanol–water partition coefficient (Wildman–Crippen LogP) is 2.42. The van der Waals surface area contributed by atoms with E-state index in [2.05, 4.69) is 17.6 Å². The summed E-state index contributed by atoms with van der Waals surface area (Å²) in [6, 6.07) is 8.63. The molecule has 1 fully saturated rings. The lowest BCUT2D eigenvalue weighted by Crippen LogP contribution is -2.45. The minimum Gasteiger partial charge on any atom is -0.493 e. The van der Waals surface area contributed by atoms with Gasteiger partial charge in [0.05, 0.1) is 12.7 Å². The van der Waals surface area contributed by atoms with Crippen LogP contribution in [-0.2, 0) is 11.2 Å². The summed E-state index contributed by atoms with van der Waals surface area (Å²) in [5, 5.41) is 0. The molecule has 1 aromatic carbocycles. The van der Waals surface area contributed by atoms with Gasteiger partial charge in [-0.05, 0) is 50.2 Å². The first kappa shape index (κ1) is 14.8. The maximum absolute atomic E-state index is 5.88. The van der Waals surface area contributed by atoms with Gasteiger partial charge in [-0.2, -0.15) is 0 Å². The van der Waals surface area contributed by atoms with E-state index < -0.39 is 0 Å². The molecule has 3 rings (SSSR count). The Morgan fingerprint density at radius 3 is 3.05 bits per heavy atom. The van der Waals surface area contributed by atoms with E-state index in [-0.39, 0.29) is 0 Å². The van der Waals surface area contributed by atoms with Crippen LogP contribution in [0.1, 0.15) is 37.7 Å². The Labute approximate surface area is 127 Å². The van der Waals surface area contributed by atoms with Crippen molar-refractivity contribution in [2.75, 3.05) is 13.2 Å². The Balaban J connectivity index is 1.49. The molecule has 1 aromatic rings. The van der Waals surface area contributed by atoms with Gasteiger partial charge in [0.15, 0.2) is 0 Å². The summed E-state index contributed by atoms with van der Waals surface area (Å²) < 4.78 is 11.6. The Bertz CT molecular complexity index is 446. The van der Waals surface area contributed by atoms with Crippen LogP contribution >= 0.6 is 0 Å². The van der Waals surface area contributed by atoms with E-state index in [9.17, 15) is 0 Å². The van der Waals surface area contributed by atoms with Gasteiger partial charge < -0.3 is 9.47 Å². The number of para-hydroxylation sites is 1. The highest BCUT2D eigenvalue weighted by atomic mass is 16.5. The summed E-state index contributed by atoms with van der Waals surface area (Å²) >= 11 is 0. The molecule has 2 heterocycles. The number of hydrazine groups is 1. The van der Waals surface area contributed by atoms with Crippen LogP contribution in [-0.4, -0.2) is 25.4 Å². The molecule has 21 heavy (non-hydrogen) atoms. The van der Waals surface area contributed by atoms with Gasteiger partial charge in [0.1, 0.15) is 5.75 Å². The van der Waals surface area contributed by atoms with Crippen LogP contribution in [0.2, 0.25) is 0 Å². The van der Waals surface area contributed by atoms with Crippen LogP contribution in [0.15, 0.2) is 24.3 Å². The molecule has 0 saturated carbocycles. The zero-order chi connectivity index (χ0) is 14.5. The third-order valence-electron chi connectivity index (χ3n) is 4.76. The second kappa shape index (κ2) is 7.25. The quantitative estimate of drug-likeness (QED) is 0.624. The molecule has 0 bridgehead atoms. The molecule has 0 spiro atoms. The average Bonchev–Trinajstić information content (AvgIpc) is 3.04. The lowest BCUT2D eigenvalue weighted by molar-refractivity contribution is 0.0990. The zero-order valence-corrected chi connectivity index (χ0v) is 12.6. The number of benzene rings is 1. The highest BCUT2D eigenvalue weighted by Crippen LogP contribution is 2.29. The molecule has 3 unspecified atom stereocenters.